The van der Waals surface area contributed by atoms with Crippen LogP contribution in [0.5, 0.6) is 0 Å². The average Bonchev–Trinajstić information content (AvgIpc) is 3.08. The van der Waals surface area contributed by atoms with Crippen molar-refractivity contribution in [3.05, 3.63) is 54.1 Å². The van der Waals surface area contributed by atoms with Crippen LogP contribution in [0.1, 0.15) is 28.9 Å². The lowest BCUT2D eigenvalue weighted by Crippen LogP contribution is -2.24. The highest BCUT2D eigenvalue weighted by molar-refractivity contribution is 5.92. The van der Waals surface area contributed by atoms with E-state index >= 15 is 0 Å². The molecule has 2 aromatic rings. The van der Waals surface area contributed by atoms with Gasteiger partial charge in [-0.15, -0.1) is 0 Å². The Morgan fingerprint density at radius 3 is 2.57 bits per heavy atom. The third-order valence-electron chi connectivity index (χ3n) is 3.65. The van der Waals surface area contributed by atoms with Crippen molar-refractivity contribution >= 4 is 11.6 Å². The molecule has 0 spiro atoms. The normalized spacial score (nSPS) is 14.2. The van der Waals surface area contributed by atoms with E-state index in [1.165, 1.54) is 12.8 Å². The summed E-state index contributed by atoms with van der Waals surface area (Å²) in [7, 11) is 0. The van der Waals surface area contributed by atoms with Crippen molar-refractivity contribution in [2.75, 3.05) is 18.0 Å². The van der Waals surface area contributed by atoms with Crippen LogP contribution in [0.15, 0.2) is 42.9 Å². The second-order valence-corrected chi connectivity index (χ2v) is 5.13. The molecule has 0 unspecified atom stereocenters. The molecule has 5 heteroatoms. The van der Waals surface area contributed by atoms with E-state index < -0.39 is 0 Å². The predicted molar refractivity (Wildman–Crippen MR) is 81.1 cm³/mol. The van der Waals surface area contributed by atoms with Crippen LogP contribution in [-0.4, -0.2) is 29.0 Å². The Morgan fingerprint density at radius 1 is 1.14 bits per heavy atom. The molecule has 0 saturated carbocycles. The summed E-state index contributed by atoms with van der Waals surface area (Å²) in [6, 6.07) is 7.52. The monoisotopic (exact) mass is 282 g/mol. The minimum absolute atomic E-state index is 0.153. The summed E-state index contributed by atoms with van der Waals surface area (Å²) in [5.74, 6) is -0.153. The molecule has 0 aromatic carbocycles. The van der Waals surface area contributed by atoms with Crippen LogP contribution in [0.2, 0.25) is 0 Å². The lowest BCUT2D eigenvalue weighted by molar-refractivity contribution is 0.0946. The fraction of sp³-hybridized carbons (Fsp3) is 0.312. The van der Waals surface area contributed by atoms with Gasteiger partial charge in [0.25, 0.3) is 5.91 Å². The Labute approximate surface area is 124 Å². The van der Waals surface area contributed by atoms with Crippen LogP contribution < -0.4 is 10.2 Å². The maximum Gasteiger partial charge on any atom is 0.270 e. The smallest absolute Gasteiger partial charge is 0.270 e. The van der Waals surface area contributed by atoms with Crippen LogP contribution in [0, 0.1) is 0 Å². The zero-order valence-corrected chi connectivity index (χ0v) is 11.8. The molecule has 0 bridgehead atoms. The number of amides is 1. The summed E-state index contributed by atoms with van der Waals surface area (Å²) in [5, 5.41) is 2.86. The van der Waals surface area contributed by atoms with Crippen LogP contribution in [-0.2, 0) is 6.54 Å². The molecule has 0 atom stereocenters. The molecule has 1 N–H and O–H groups in total. The van der Waals surface area contributed by atoms with Crippen molar-refractivity contribution < 1.29 is 4.79 Å². The zero-order valence-electron chi connectivity index (χ0n) is 11.8. The molecule has 1 aliphatic rings. The molecule has 3 heterocycles. The number of nitrogens with zero attached hydrogens (tertiary/aromatic N) is 3. The summed E-state index contributed by atoms with van der Waals surface area (Å²) in [5.41, 5.74) is 2.57. The highest BCUT2D eigenvalue weighted by Crippen LogP contribution is 2.18. The Balaban J connectivity index is 1.59. The van der Waals surface area contributed by atoms with E-state index in [4.69, 9.17) is 0 Å². The SMILES string of the molecule is O=C(NCc1ccncc1)c1ccc(N2CCCC2)cn1. The Hall–Kier alpha value is -2.43. The van der Waals surface area contributed by atoms with Crippen LogP contribution in [0.3, 0.4) is 0 Å². The van der Waals surface area contributed by atoms with Gasteiger partial charge in [-0.1, -0.05) is 0 Å². The first-order chi connectivity index (χ1) is 10.3. The molecule has 1 aliphatic heterocycles. The molecular formula is C16H18N4O. The van der Waals surface area contributed by atoms with Crippen molar-refractivity contribution in [2.24, 2.45) is 0 Å². The molecule has 0 radical (unpaired) electrons. The van der Waals surface area contributed by atoms with Crippen molar-refractivity contribution in [1.29, 1.82) is 0 Å². The van der Waals surface area contributed by atoms with E-state index in [-0.39, 0.29) is 5.91 Å². The highest BCUT2D eigenvalue weighted by atomic mass is 16.1. The van der Waals surface area contributed by atoms with E-state index in [1.807, 2.05) is 18.2 Å². The highest BCUT2D eigenvalue weighted by Gasteiger charge is 2.13. The van der Waals surface area contributed by atoms with E-state index in [9.17, 15) is 4.79 Å². The molecule has 5 nitrogen and oxygen atoms in total. The maximum atomic E-state index is 12.0. The second-order valence-electron chi connectivity index (χ2n) is 5.13. The topological polar surface area (TPSA) is 58.1 Å². The predicted octanol–water partition coefficient (Wildman–Crippen LogP) is 2.01. The van der Waals surface area contributed by atoms with Gasteiger partial charge in [0.05, 0.1) is 11.9 Å². The Bertz CT molecular complexity index is 591. The average molecular weight is 282 g/mol. The summed E-state index contributed by atoms with van der Waals surface area (Å²) >= 11 is 0. The minimum Gasteiger partial charge on any atom is -0.370 e. The number of anilines is 1. The molecule has 0 aliphatic carbocycles. The van der Waals surface area contributed by atoms with Crippen LogP contribution in [0.4, 0.5) is 5.69 Å². The fourth-order valence-electron chi connectivity index (χ4n) is 2.46. The Morgan fingerprint density at radius 2 is 1.90 bits per heavy atom. The first kappa shape index (κ1) is 13.5. The Kier molecular flexibility index (Phi) is 4.09. The molecule has 1 saturated heterocycles. The molecule has 21 heavy (non-hydrogen) atoms. The molecule has 108 valence electrons. The van der Waals surface area contributed by atoms with Gasteiger partial charge in [0, 0.05) is 32.0 Å². The summed E-state index contributed by atoms with van der Waals surface area (Å²) in [6.07, 6.45) is 7.67. The zero-order chi connectivity index (χ0) is 14.5. The van der Waals surface area contributed by atoms with Crippen molar-refractivity contribution in [3.8, 4) is 0 Å². The van der Waals surface area contributed by atoms with E-state index in [1.54, 1.807) is 24.7 Å². The lowest BCUT2D eigenvalue weighted by Gasteiger charge is -2.16. The largest absolute Gasteiger partial charge is 0.370 e. The standard InChI is InChI=1S/C16H18N4O/c21-16(19-11-13-5-7-17-8-6-13)15-4-3-14(12-18-15)20-9-1-2-10-20/h3-8,12H,1-2,9-11H2,(H,19,21). The summed E-state index contributed by atoms with van der Waals surface area (Å²) in [6.45, 7) is 2.64. The van der Waals surface area contributed by atoms with E-state index in [0.717, 1.165) is 24.3 Å². The van der Waals surface area contributed by atoms with E-state index in [0.29, 0.717) is 12.2 Å². The van der Waals surface area contributed by atoms with Gasteiger partial charge in [0.1, 0.15) is 5.69 Å². The molecule has 2 aromatic heterocycles. The number of rotatable bonds is 4. The second kappa shape index (κ2) is 6.35. The first-order valence-electron chi connectivity index (χ1n) is 7.21. The van der Waals surface area contributed by atoms with Gasteiger partial charge in [-0.3, -0.25) is 9.78 Å². The minimum atomic E-state index is -0.153. The van der Waals surface area contributed by atoms with Crippen molar-refractivity contribution in [1.82, 2.24) is 15.3 Å². The number of carbonyl (C=O) groups excluding carboxylic acids is 1. The number of carbonyl (C=O) groups is 1. The van der Waals surface area contributed by atoms with Gasteiger partial charge >= 0.3 is 0 Å². The van der Waals surface area contributed by atoms with Gasteiger partial charge < -0.3 is 10.2 Å². The summed E-state index contributed by atoms with van der Waals surface area (Å²) < 4.78 is 0. The quantitative estimate of drug-likeness (QED) is 0.932. The maximum absolute atomic E-state index is 12.0. The third kappa shape index (κ3) is 3.37. The van der Waals surface area contributed by atoms with Crippen LogP contribution in [0.25, 0.3) is 0 Å². The number of aromatic nitrogens is 2. The first-order valence-corrected chi connectivity index (χ1v) is 7.21. The van der Waals surface area contributed by atoms with E-state index in [2.05, 4.69) is 20.2 Å². The third-order valence-corrected chi connectivity index (χ3v) is 3.65. The van der Waals surface area contributed by atoms with Crippen molar-refractivity contribution in [3.63, 3.8) is 0 Å². The number of nitrogens with one attached hydrogen (secondary N) is 1. The van der Waals surface area contributed by atoms with Gasteiger partial charge in [0.15, 0.2) is 0 Å². The fourth-order valence-corrected chi connectivity index (χ4v) is 2.46. The molecule has 1 amide bonds. The molecular weight excluding hydrogens is 264 g/mol. The number of pyridine rings is 2. The summed E-state index contributed by atoms with van der Waals surface area (Å²) in [4.78, 5) is 22.6. The van der Waals surface area contributed by atoms with Gasteiger partial charge in [-0.2, -0.15) is 0 Å². The van der Waals surface area contributed by atoms with Gasteiger partial charge in [-0.25, -0.2) is 4.98 Å². The van der Waals surface area contributed by atoms with Crippen LogP contribution >= 0.6 is 0 Å². The molecule has 1 fully saturated rings. The van der Waals surface area contributed by atoms with Crippen molar-refractivity contribution in [2.45, 2.75) is 19.4 Å². The van der Waals surface area contributed by atoms with Gasteiger partial charge in [0.2, 0.25) is 0 Å². The lowest BCUT2D eigenvalue weighted by atomic mass is 10.2. The van der Waals surface area contributed by atoms with Gasteiger partial charge in [-0.05, 0) is 42.7 Å². The molecule has 3 rings (SSSR count). The number of hydrogen-bond acceptors (Lipinski definition) is 4. The number of hydrogen-bond donors (Lipinski definition) is 1.